The van der Waals surface area contributed by atoms with Gasteiger partial charge in [-0.1, -0.05) is 6.07 Å². The largest absolute Gasteiger partial charge is 0.392 e. The molecular formula is C14H16N4O. The van der Waals surface area contributed by atoms with Gasteiger partial charge in [0, 0.05) is 18.3 Å². The maximum absolute atomic E-state index is 9.15. The zero-order chi connectivity index (χ0) is 13.2. The minimum atomic E-state index is 0.0747. The molecule has 0 saturated heterocycles. The van der Waals surface area contributed by atoms with E-state index in [1.54, 1.807) is 6.33 Å². The van der Waals surface area contributed by atoms with E-state index >= 15 is 0 Å². The second-order valence-electron chi connectivity index (χ2n) is 4.49. The fraction of sp³-hybridized carbons (Fsp3) is 0.286. The van der Waals surface area contributed by atoms with E-state index in [4.69, 9.17) is 5.11 Å². The van der Waals surface area contributed by atoms with Gasteiger partial charge in [-0.15, -0.1) is 0 Å². The van der Waals surface area contributed by atoms with E-state index < -0.39 is 0 Å². The van der Waals surface area contributed by atoms with Crippen molar-refractivity contribution in [2.75, 3.05) is 0 Å². The number of nitrogens with zero attached hydrogens (tertiary/aromatic N) is 4. The van der Waals surface area contributed by atoms with Crippen LogP contribution in [0.4, 0.5) is 0 Å². The Balaban J connectivity index is 1.97. The molecule has 0 amide bonds. The highest BCUT2D eigenvalue weighted by atomic mass is 16.3. The Labute approximate surface area is 111 Å². The number of fused-ring (bicyclic) bond motifs is 1. The summed E-state index contributed by atoms with van der Waals surface area (Å²) >= 11 is 0. The number of rotatable bonds is 4. The summed E-state index contributed by atoms with van der Waals surface area (Å²) in [5, 5.41) is 14.5. The van der Waals surface area contributed by atoms with Crippen molar-refractivity contribution in [3.05, 3.63) is 48.2 Å². The zero-order valence-electron chi connectivity index (χ0n) is 10.8. The van der Waals surface area contributed by atoms with E-state index in [1.807, 2.05) is 29.1 Å². The molecule has 0 atom stereocenters. The lowest BCUT2D eigenvalue weighted by Gasteiger charge is -2.06. The van der Waals surface area contributed by atoms with Crippen LogP contribution in [0.2, 0.25) is 0 Å². The van der Waals surface area contributed by atoms with Crippen molar-refractivity contribution in [2.45, 2.75) is 26.6 Å². The average Bonchev–Trinajstić information content (AvgIpc) is 3.05. The quantitative estimate of drug-likeness (QED) is 0.774. The van der Waals surface area contributed by atoms with Crippen LogP contribution in [0.25, 0.3) is 10.9 Å². The Hall–Kier alpha value is -2.14. The maximum Gasteiger partial charge on any atom is 0.146 e. The number of aliphatic hydroxyl groups is 1. The molecule has 1 aromatic carbocycles. The Morgan fingerprint density at radius 3 is 2.95 bits per heavy atom. The summed E-state index contributed by atoms with van der Waals surface area (Å²) in [6, 6.07) is 8.05. The van der Waals surface area contributed by atoms with E-state index in [0.717, 1.165) is 28.8 Å². The molecule has 0 saturated carbocycles. The standard InChI is InChI=1S/C14H16N4O/c1-2-18-14(15-10-16-18)8-17-6-5-12-7-11(9-19)3-4-13(12)17/h3-7,10,19H,2,8-9H2,1H3. The lowest BCUT2D eigenvalue weighted by Crippen LogP contribution is -2.08. The van der Waals surface area contributed by atoms with Gasteiger partial charge in [-0.2, -0.15) is 5.10 Å². The summed E-state index contributed by atoms with van der Waals surface area (Å²) < 4.78 is 4.04. The lowest BCUT2D eigenvalue weighted by atomic mass is 10.2. The molecule has 0 fully saturated rings. The SMILES string of the molecule is CCn1ncnc1Cn1ccc2cc(CO)ccc21. The molecule has 0 spiro atoms. The molecule has 19 heavy (non-hydrogen) atoms. The van der Waals surface area contributed by atoms with Crippen LogP contribution in [0.1, 0.15) is 18.3 Å². The maximum atomic E-state index is 9.15. The molecule has 2 aromatic heterocycles. The predicted octanol–water partition coefficient (Wildman–Crippen LogP) is 1.79. The molecule has 5 nitrogen and oxygen atoms in total. The molecule has 0 aliphatic rings. The predicted molar refractivity (Wildman–Crippen MR) is 72.7 cm³/mol. The molecule has 1 N–H and O–H groups in total. The Bertz CT molecular complexity index is 698. The van der Waals surface area contributed by atoms with Gasteiger partial charge < -0.3 is 9.67 Å². The fourth-order valence-corrected chi connectivity index (χ4v) is 2.31. The smallest absolute Gasteiger partial charge is 0.146 e. The Morgan fingerprint density at radius 2 is 2.16 bits per heavy atom. The zero-order valence-corrected chi connectivity index (χ0v) is 10.8. The van der Waals surface area contributed by atoms with Gasteiger partial charge >= 0.3 is 0 Å². The molecule has 2 heterocycles. The molecule has 0 aliphatic heterocycles. The van der Waals surface area contributed by atoms with Crippen molar-refractivity contribution in [3.63, 3.8) is 0 Å². The first-order chi connectivity index (χ1) is 9.31. The number of aliphatic hydroxyl groups excluding tert-OH is 1. The van der Waals surface area contributed by atoms with Gasteiger partial charge in [-0.3, -0.25) is 0 Å². The van der Waals surface area contributed by atoms with Crippen molar-refractivity contribution in [1.82, 2.24) is 19.3 Å². The van der Waals surface area contributed by atoms with Gasteiger partial charge in [-0.05, 0) is 36.1 Å². The topological polar surface area (TPSA) is 55.9 Å². The van der Waals surface area contributed by atoms with Gasteiger partial charge in [0.2, 0.25) is 0 Å². The van der Waals surface area contributed by atoms with Crippen LogP contribution in [0, 0.1) is 0 Å². The highest BCUT2D eigenvalue weighted by molar-refractivity contribution is 5.80. The average molecular weight is 256 g/mol. The molecule has 0 unspecified atom stereocenters. The highest BCUT2D eigenvalue weighted by Gasteiger charge is 2.07. The van der Waals surface area contributed by atoms with Gasteiger partial charge in [0.1, 0.15) is 12.2 Å². The molecule has 0 bridgehead atoms. The van der Waals surface area contributed by atoms with Gasteiger partial charge in [0.15, 0.2) is 0 Å². The first-order valence-electron chi connectivity index (χ1n) is 6.37. The third kappa shape index (κ3) is 2.13. The van der Waals surface area contributed by atoms with E-state index in [9.17, 15) is 0 Å². The van der Waals surface area contributed by atoms with Crippen molar-refractivity contribution in [2.24, 2.45) is 0 Å². The Morgan fingerprint density at radius 1 is 1.26 bits per heavy atom. The van der Waals surface area contributed by atoms with Crippen LogP contribution in [-0.2, 0) is 19.7 Å². The van der Waals surface area contributed by atoms with Crippen LogP contribution in [-0.4, -0.2) is 24.4 Å². The number of aromatic nitrogens is 4. The van der Waals surface area contributed by atoms with Gasteiger partial charge in [-0.25, -0.2) is 9.67 Å². The van der Waals surface area contributed by atoms with Crippen LogP contribution >= 0.6 is 0 Å². The summed E-state index contributed by atoms with van der Waals surface area (Å²) in [5.41, 5.74) is 2.07. The number of hydrogen-bond acceptors (Lipinski definition) is 3. The van der Waals surface area contributed by atoms with Crippen molar-refractivity contribution < 1.29 is 5.11 Å². The first kappa shape index (κ1) is 11.9. The van der Waals surface area contributed by atoms with Crippen LogP contribution in [0.15, 0.2) is 36.8 Å². The minimum absolute atomic E-state index is 0.0747. The summed E-state index contributed by atoms with van der Waals surface area (Å²) in [6.07, 6.45) is 3.63. The van der Waals surface area contributed by atoms with Crippen molar-refractivity contribution >= 4 is 10.9 Å². The molecule has 3 rings (SSSR count). The second kappa shape index (κ2) is 4.85. The highest BCUT2D eigenvalue weighted by Crippen LogP contribution is 2.18. The van der Waals surface area contributed by atoms with Gasteiger partial charge in [0.25, 0.3) is 0 Å². The summed E-state index contributed by atoms with van der Waals surface area (Å²) in [6.45, 7) is 3.66. The molecule has 0 aliphatic carbocycles. The summed E-state index contributed by atoms with van der Waals surface area (Å²) in [4.78, 5) is 4.29. The van der Waals surface area contributed by atoms with Crippen LogP contribution in [0.3, 0.4) is 0 Å². The van der Waals surface area contributed by atoms with Gasteiger partial charge in [0.05, 0.1) is 13.2 Å². The summed E-state index contributed by atoms with van der Waals surface area (Å²) in [7, 11) is 0. The minimum Gasteiger partial charge on any atom is -0.392 e. The van der Waals surface area contributed by atoms with Crippen molar-refractivity contribution in [3.8, 4) is 0 Å². The molecule has 98 valence electrons. The van der Waals surface area contributed by atoms with Crippen molar-refractivity contribution in [1.29, 1.82) is 0 Å². The number of hydrogen-bond donors (Lipinski definition) is 1. The van der Waals surface area contributed by atoms with E-state index in [-0.39, 0.29) is 6.61 Å². The van der Waals surface area contributed by atoms with Crippen LogP contribution < -0.4 is 0 Å². The summed E-state index contributed by atoms with van der Waals surface area (Å²) in [5.74, 6) is 0.950. The number of benzene rings is 1. The monoisotopic (exact) mass is 256 g/mol. The molecule has 0 radical (unpaired) electrons. The molecular weight excluding hydrogens is 240 g/mol. The molecule has 5 heteroatoms. The normalized spacial score (nSPS) is 11.3. The first-order valence-corrected chi connectivity index (χ1v) is 6.37. The molecule has 3 aromatic rings. The third-order valence-corrected chi connectivity index (χ3v) is 3.33. The third-order valence-electron chi connectivity index (χ3n) is 3.33. The van der Waals surface area contributed by atoms with E-state index in [1.165, 1.54) is 0 Å². The Kier molecular flexibility index (Phi) is 3.05. The fourth-order valence-electron chi connectivity index (χ4n) is 2.31. The van der Waals surface area contributed by atoms with E-state index in [2.05, 4.69) is 27.6 Å². The van der Waals surface area contributed by atoms with E-state index in [0.29, 0.717) is 6.54 Å². The van der Waals surface area contributed by atoms with Crippen LogP contribution in [0.5, 0.6) is 0 Å². The number of aryl methyl sites for hydroxylation is 1. The lowest BCUT2D eigenvalue weighted by molar-refractivity contribution is 0.282. The second-order valence-corrected chi connectivity index (χ2v) is 4.49.